The summed E-state index contributed by atoms with van der Waals surface area (Å²) in [6.45, 7) is 8.06. The van der Waals surface area contributed by atoms with Gasteiger partial charge in [-0.2, -0.15) is 0 Å². The highest BCUT2D eigenvalue weighted by Crippen LogP contribution is 2.36. The number of hydrogen-bond donors (Lipinski definition) is 1. The van der Waals surface area contributed by atoms with Crippen molar-refractivity contribution in [3.05, 3.63) is 102 Å². The van der Waals surface area contributed by atoms with Crippen molar-refractivity contribution in [2.75, 3.05) is 25.0 Å². The number of amides is 1. The molecule has 4 aromatic carbocycles. The summed E-state index contributed by atoms with van der Waals surface area (Å²) in [5.41, 5.74) is 5.80. The summed E-state index contributed by atoms with van der Waals surface area (Å²) in [6.07, 6.45) is 3.36. The molecule has 2 heterocycles. The van der Waals surface area contributed by atoms with Crippen molar-refractivity contribution in [2.24, 2.45) is 5.92 Å². The van der Waals surface area contributed by atoms with Crippen LogP contribution < -0.4 is 5.32 Å². The second-order valence-electron chi connectivity index (χ2n) is 11.6. The van der Waals surface area contributed by atoms with Crippen molar-refractivity contribution in [3.63, 3.8) is 0 Å². The predicted molar refractivity (Wildman–Crippen MR) is 173 cm³/mol. The van der Waals surface area contributed by atoms with Gasteiger partial charge >= 0.3 is 0 Å². The van der Waals surface area contributed by atoms with E-state index < -0.39 is 0 Å². The van der Waals surface area contributed by atoms with E-state index >= 15 is 0 Å². The molecule has 1 N–H and O–H groups in total. The number of nitrogens with one attached hydrogen (secondary N) is 1. The third-order valence-corrected chi connectivity index (χ3v) is 8.86. The second-order valence-corrected chi connectivity index (χ2v) is 12.0. The number of likely N-dealkylation sites (tertiary alicyclic amines) is 1. The van der Waals surface area contributed by atoms with Crippen LogP contribution in [0.25, 0.3) is 32.9 Å². The second kappa shape index (κ2) is 12.1. The van der Waals surface area contributed by atoms with Crippen molar-refractivity contribution >= 4 is 44.9 Å². The summed E-state index contributed by atoms with van der Waals surface area (Å²) in [6, 6.07) is 32.0. The Balaban J connectivity index is 1.15. The number of aromatic nitrogens is 1. The van der Waals surface area contributed by atoms with Gasteiger partial charge in [0, 0.05) is 39.5 Å². The zero-order chi connectivity index (χ0) is 28.3. The maximum atomic E-state index is 12.2. The van der Waals surface area contributed by atoms with Crippen LogP contribution in [0.3, 0.4) is 0 Å². The lowest BCUT2D eigenvalue weighted by Crippen LogP contribution is -2.34. The number of hydrogen-bond acceptors (Lipinski definition) is 2. The number of fused-ring (bicyclic) bond motifs is 3. The maximum absolute atomic E-state index is 12.2. The van der Waals surface area contributed by atoms with Crippen LogP contribution in [0.1, 0.15) is 44.6 Å². The summed E-state index contributed by atoms with van der Waals surface area (Å²) >= 11 is 6.70. The molecule has 0 unspecified atom stereocenters. The minimum atomic E-state index is -0.0223. The number of anilines is 1. The van der Waals surface area contributed by atoms with E-state index in [1.807, 2.05) is 32.0 Å². The van der Waals surface area contributed by atoms with E-state index in [0.29, 0.717) is 5.92 Å². The van der Waals surface area contributed by atoms with Crippen molar-refractivity contribution in [3.8, 4) is 11.3 Å². The molecular weight excluding hydrogens is 526 g/mol. The minimum absolute atomic E-state index is 0.0223. The number of carbonyl (C=O) groups excluding carboxylic acids is 1. The fourth-order valence-corrected chi connectivity index (χ4v) is 6.49. The highest BCUT2D eigenvalue weighted by molar-refractivity contribution is 6.33. The Hall–Kier alpha value is -3.60. The molecule has 41 heavy (non-hydrogen) atoms. The predicted octanol–water partition coefficient (Wildman–Crippen LogP) is 8.98. The third-order valence-electron chi connectivity index (χ3n) is 8.53. The normalized spacial score (nSPS) is 14.7. The van der Waals surface area contributed by atoms with Crippen LogP contribution in [-0.2, 0) is 11.3 Å². The van der Waals surface area contributed by atoms with Crippen molar-refractivity contribution in [1.82, 2.24) is 9.47 Å². The molecule has 1 aliphatic rings. The van der Waals surface area contributed by atoms with E-state index in [1.54, 1.807) is 0 Å². The van der Waals surface area contributed by atoms with Crippen molar-refractivity contribution in [1.29, 1.82) is 0 Å². The average Bonchev–Trinajstić information content (AvgIpc) is 3.36. The lowest BCUT2D eigenvalue weighted by molar-refractivity contribution is -0.118. The fraction of sp³-hybridized carbons (Fsp3) is 0.306. The molecule has 0 radical (unpaired) electrons. The number of nitrogens with zero attached hydrogens (tertiary/aromatic N) is 2. The Kier molecular flexibility index (Phi) is 8.13. The topological polar surface area (TPSA) is 37.3 Å². The fourth-order valence-electron chi connectivity index (χ4n) is 6.26. The summed E-state index contributed by atoms with van der Waals surface area (Å²) < 4.78 is 2.49. The first-order chi connectivity index (χ1) is 20.0. The first-order valence-corrected chi connectivity index (χ1v) is 15.2. The lowest BCUT2D eigenvalue weighted by atomic mass is 9.89. The summed E-state index contributed by atoms with van der Waals surface area (Å²) in [4.78, 5) is 14.8. The summed E-state index contributed by atoms with van der Waals surface area (Å²) in [5.74, 6) is 0.581. The first kappa shape index (κ1) is 27.6. The molecule has 1 aromatic heterocycles. The molecule has 0 aliphatic carbocycles. The van der Waals surface area contributed by atoms with Gasteiger partial charge < -0.3 is 14.8 Å². The molecule has 0 bridgehead atoms. The molecule has 1 fully saturated rings. The zero-order valence-electron chi connectivity index (χ0n) is 23.9. The summed E-state index contributed by atoms with van der Waals surface area (Å²) in [7, 11) is 0. The lowest BCUT2D eigenvalue weighted by Gasteiger charge is -2.32. The van der Waals surface area contributed by atoms with Crippen LogP contribution in [0.2, 0.25) is 5.02 Å². The van der Waals surface area contributed by atoms with Gasteiger partial charge in [0.1, 0.15) is 0 Å². The van der Waals surface area contributed by atoms with Crippen LogP contribution >= 0.6 is 11.6 Å². The number of halogens is 1. The quantitative estimate of drug-likeness (QED) is 0.204. The Morgan fingerprint density at radius 3 is 2.44 bits per heavy atom. The third kappa shape index (κ3) is 5.91. The SMILES string of the molecule is CC(C)C(=O)Nc1cccc(C2CCN(CCCn3c(-c4ccccc4Cl)cc4ccc5ccccc5c43)CC2)c1. The van der Waals surface area contributed by atoms with Gasteiger partial charge in [-0.3, -0.25) is 4.79 Å². The van der Waals surface area contributed by atoms with E-state index in [-0.39, 0.29) is 11.8 Å². The highest BCUT2D eigenvalue weighted by Gasteiger charge is 2.22. The van der Waals surface area contributed by atoms with E-state index in [4.69, 9.17) is 11.6 Å². The number of aryl methyl sites for hydroxylation is 1. The monoisotopic (exact) mass is 563 g/mol. The van der Waals surface area contributed by atoms with Gasteiger partial charge in [0.25, 0.3) is 0 Å². The Labute approximate surface area is 247 Å². The van der Waals surface area contributed by atoms with Crippen LogP contribution in [0.5, 0.6) is 0 Å². The van der Waals surface area contributed by atoms with Gasteiger partial charge in [0.2, 0.25) is 5.91 Å². The maximum Gasteiger partial charge on any atom is 0.226 e. The molecule has 0 atom stereocenters. The van der Waals surface area contributed by atoms with Crippen LogP contribution in [0.15, 0.2) is 91.0 Å². The standard InChI is InChI=1S/C36H38ClN3O/c1-25(2)36(41)38-30-11-7-10-28(23-30)26-17-21-39(22-18-26)19-8-20-40-34(32-13-5-6-14-33(32)37)24-29-16-15-27-9-3-4-12-31(27)35(29)40/h3-7,9-16,23-26H,8,17-22H2,1-2H3,(H,38,41). The Bertz CT molecular complexity index is 1680. The van der Waals surface area contributed by atoms with Gasteiger partial charge in [0.15, 0.2) is 0 Å². The van der Waals surface area contributed by atoms with Crippen LogP contribution in [-0.4, -0.2) is 35.0 Å². The van der Waals surface area contributed by atoms with Gasteiger partial charge in [-0.15, -0.1) is 0 Å². The Morgan fingerprint density at radius 1 is 0.878 bits per heavy atom. The average molecular weight is 564 g/mol. The molecule has 5 heteroatoms. The molecule has 0 saturated carbocycles. The largest absolute Gasteiger partial charge is 0.340 e. The summed E-state index contributed by atoms with van der Waals surface area (Å²) in [5, 5.41) is 7.65. The molecule has 6 rings (SSSR count). The molecule has 5 aromatic rings. The number of rotatable bonds is 8. The first-order valence-electron chi connectivity index (χ1n) is 14.9. The van der Waals surface area contributed by atoms with Crippen molar-refractivity contribution in [2.45, 2.75) is 45.6 Å². The highest BCUT2D eigenvalue weighted by atomic mass is 35.5. The van der Waals surface area contributed by atoms with E-state index in [0.717, 1.165) is 61.7 Å². The zero-order valence-corrected chi connectivity index (χ0v) is 24.7. The Morgan fingerprint density at radius 2 is 1.63 bits per heavy atom. The van der Waals surface area contributed by atoms with Crippen LogP contribution in [0.4, 0.5) is 5.69 Å². The smallest absolute Gasteiger partial charge is 0.226 e. The van der Waals surface area contributed by atoms with Gasteiger partial charge in [-0.25, -0.2) is 0 Å². The molecular formula is C36H38ClN3O. The molecule has 4 nitrogen and oxygen atoms in total. The molecule has 1 saturated heterocycles. The van der Waals surface area contributed by atoms with Gasteiger partial charge in [-0.05, 0) is 80.0 Å². The van der Waals surface area contributed by atoms with Gasteiger partial charge in [-0.1, -0.05) is 92.2 Å². The van der Waals surface area contributed by atoms with E-state index in [2.05, 4.69) is 87.6 Å². The molecule has 210 valence electrons. The van der Waals surface area contributed by atoms with E-state index in [9.17, 15) is 4.79 Å². The van der Waals surface area contributed by atoms with Crippen molar-refractivity contribution < 1.29 is 4.79 Å². The molecule has 1 amide bonds. The number of benzene rings is 4. The number of carbonyl (C=O) groups is 1. The molecule has 0 spiro atoms. The van der Waals surface area contributed by atoms with Crippen LogP contribution in [0, 0.1) is 5.92 Å². The minimum Gasteiger partial charge on any atom is -0.340 e. The van der Waals surface area contributed by atoms with E-state index in [1.165, 1.54) is 32.9 Å². The van der Waals surface area contributed by atoms with Gasteiger partial charge in [0.05, 0.1) is 11.2 Å². The molecule has 1 aliphatic heterocycles. The number of piperidine rings is 1.